The summed E-state index contributed by atoms with van der Waals surface area (Å²) < 4.78 is 4.08. The van der Waals surface area contributed by atoms with Gasteiger partial charge in [0.2, 0.25) is 0 Å². The molecule has 0 aliphatic carbocycles. The summed E-state index contributed by atoms with van der Waals surface area (Å²) in [5.74, 6) is 1.10. The van der Waals surface area contributed by atoms with Crippen molar-refractivity contribution in [1.29, 1.82) is 5.26 Å². The first kappa shape index (κ1) is 16.9. The summed E-state index contributed by atoms with van der Waals surface area (Å²) in [5, 5.41) is 22.0. The molecule has 1 saturated heterocycles. The lowest BCUT2D eigenvalue weighted by Gasteiger charge is -2.34. The Bertz CT molecular complexity index is 953. The van der Waals surface area contributed by atoms with E-state index in [0.717, 1.165) is 48.0 Å². The van der Waals surface area contributed by atoms with Gasteiger partial charge in [0.15, 0.2) is 11.5 Å². The zero-order valence-corrected chi connectivity index (χ0v) is 16.4. The van der Waals surface area contributed by atoms with E-state index in [2.05, 4.69) is 53.0 Å². The van der Waals surface area contributed by atoms with E-state index in [9.17, 15) is 5.11 Å². The first-order valence-electron chi connectivity index (χ1n) is 8.16. The molecule has 7 nitrogen and oxygen atoms in total. The monoisotopic (exact) mass is 468 g/mol. The van der Waals surface area contributed by atoms with Crippen LogP contribution in [0.2, 0.25) is 0 Å². The number of piperidine rings is 1. The average molecular weight is 468 g/mol. The van der Waals surface area contributed by atoms with E-state index < -0.39 is 0 Å². The molecule has 0 bridgehead atoms. The van der Waals surface area contributed by atoms with Crippen molar-refractivity contribution in [2.24, 2.45) is 5.92 Å². The van der Waals surface area contributed by atoms with Crippen LogP contribution in [0, 0.1) is 17.2 Å². The summed E-state index contributed by atoms with van der Waals surface area (Å²) in [6, 6.07) is 4.33. The van der Waals surface area contributed by atoms with Gasteiger partial charge in [-0.05, 0) is 24.8 Å². The Hall–Kier alpha value is -1.51. The predicted molar refractivity (Wildman–Crippen MR) is 107 cm³/mol. The summed E-state index contributed by atoms with van der Waals surface area (Å²) in [6.45, 7) is 1.60. The van der Waals surface area contributed by atoms with Gasteiger partial charge in [-0.15, -0.1) is 0 Å². The highest BCUT2D eigenvalue weighted by Crippen LogP contribution is 2.31. The Morgan fingerprint density at radius 3 is 2.88 bits per heavy atom. The molecule has 4 heterocycles. The molecule has 0 atom stereocenters. The van der Waals surface area contributed by atoms with Gasteiger partial charge in [0.1, 0.15) is 17.6 Å². The van der Waals surface area contributed by atoms with E-state index in [-0.39, 0.29) is 6.61 Å². The molecule has 0 saturated carbocycles. The van der Waals surface area contributed by atoms with Crippen molar-refractivity contribution in [3.05, 3.63) is 24.3 Å². The van der Waals surface area contributed by atoms with E-state index in [1.54, 1.807) is 15.3 Å². The molecule has 0 aromatic carbocycles. The van der Waals surface area contributed by atoms with Crippen LogP contribution in [0.5, 0.6) is 0 Å². The van der Waals surface area contributed by atoms with Crippen molar-refractivity contribution in [3.63, 3.8) is 0 Å². The standard InChI is InChI=1S/C16H17IN6OS/c17-25-22-8-4-12-15-13(9-19-16(12)22)20-14(10-24)23(15)21-6-2-11(1-5-18)3-7-21/h4,8-9,11,24H,1-3,6-7,10H2. The minimum atomic E-state index is -0.115. The van der Waals surface area contributed by atoms with Crippen LogP contribution in [0.1, 0.15) is 25.1 Å². The normalized spacial score (nSPS) is 16.0. The second-order valence-corrected chi connectivity index (χ2v) is 7.91. The van der Waals surface area contributed by atoms with Crippen molar-refractivity contribution in [3.8, 4) is 6.07 Å². The second-order valence-electron chi connectivity index (χ2n) is 6.20. The number of aliphatic hydroxyl groups is 1. The van der Waals surface area contributed by atoms with E-state index >= 15 is 0 Å². The number of pyridine rings is 1. The molecule has 4 rings (SSSR count). The molecule has 3 aromatic heterocycles. The Kier molecular flexibility index (Phi) is 4.75. The van der Waals surface area contributed by atoms with Crippen LogP contribution in [-0.4, -0.2) is 36.8 Å². The molecule has 0 spiro atoms. The van der Waals surface area contributed by atoms with Crippen LogP contribution in [0.25, 0.3) is 22.1 Å². The third-order valence-electron chi connectivity index (χ3n) is 4.81. The largest absolute Gasteiger partial charge is 0.388 e. The van der Waals surface area contributed by atoms with Gasteiger partial charge in [-0.25, -0.2) is 14.6 Å². The zero-order valence-electron chi connectivity index (χ0n) is 13.5. The fourth-order valence-corrected chi connectivity index (χ4v) is 4.85. The van der Waals surface area contributed by atoms with Crippen molar-refractivity contribution in [2.45, 2.75) is 25.9 Å². The van der Waals surface area contributed by atoms with Crippen LogP contribution >= 0.6 is 30.3 Å². The smallest absolute Gasteiger partial charge is 0.154 e. The fourth-order valence-electron chi connectivity index (χ4n) is 3.57. The maximum Gasteiger partial charge on any atom is 0.154 e. The van der Waals surface area contributed by atoms with Gasteiger partial charge in [-0.1, -0.05) is 0 Å². The minimum Gasteiger partial charge on any atom is -0.388 e. The molecule has 1 aliphatic heterocycles. The molecule has 0 unspecified atom stereocenters. The summed E-state index contributed by atoms with van der Waals surface area (Å²) in [4.78, 5) is 9.12. The lowest BCUT2D eigenvalue weighted by atomic mass is 9.95. The van der Waals surface area contributed by atoms with Crippen LogP contribution < -0.4 is 5.01 Å². The van der Waals surface area contributed by atoms with Gasteiger partial charge in [0.25, 0.3) is 0 Å². The number of aromatic nitrogens is 4. The Balaban J connectivity index is 1.82. The van der Waals surface area contributed by atoms with E-state index in [1.165, 1.54) is 0 Å². The number of fused-ring (bicyclic) bond motifs is 3. The number of imidazole rings is 1. The number of nitrogens with zero attached hydrogens (tertiary/aromatic N) is 6. The molecule has 0 amide bonds. The lowest BCUT2D eigenvalue weighted by molar-refractivity contribution is 0.261. The van der Waals surface area contributed by atoms with Gasteiger partial charge in [-0.3, -0.25) is 3.97 Å². The first-order chi connectivity index (χ1) is 12.3. The van der Waals surface area contributed by atoms with Crippen LogP contribution in [0.4, 0.5) is 0 Å². The van der Waals surface area contributed by atoms with Gasteiger partial charge in [0, 0.05) is 61.4 Å². The van der Waals surface area contributed by atoms with Crippen molar-refractivity contribution >= 4 is 52.4 Å². The number of nitriles is 1. The molecule has 1 N–H and O–H groups in total. The Morgan fingerprint density at radius 1 is 1.40 bits per heavy atom. The molecule has 25 heavy (non-hydrogen) atoms. The molecule has 130 valence electrons. The minimum absolute atomic E-state index is 0.115. The first-order valence-corrected chi connectivity index (χ1v) is 11.5. The summed E-state index contributed by atoms with van der Waals surface area (Å²) >= 11 is 2.24. The van der Waals surface area contributed by atoms with E-state index in [0.29, 0.717) is 18.2 Å². The van der Waals surface area contributed by atoms with Gasteiger partial charge >= 0.3 is 0 Å². The number of rotatable bonds is 4. The summed E-state index contributed by atoms with van der Waals surface area (Å²) in [7, 11) is 1.57. The molecule has 9 heteroatoms. The maximum atomic E-state index is 9.83. The molecule has 3 aromatic rings. The highest BCUT2D eigenvalue weighted by Gasteiger charge is 2.24. The van der Waals surface area contributed by atoms with Crippen molar-refractivity contribution in [1.82, 2.24) is 18.6 Å². The van der Waals surface area contributed by atoms with Crippen LogP contribution in [0.15, 0.2) is 18.5 Å². The Labute approximate surface area is 161 Å². The molecular weight excluding hydrogens is 451 g/mol. The SMILES string of the molecule is N#CCC1CCN(n2c(CO)nc3cnc4c(ccn4SI)c32)CC1. The third-order valence-corrected chi connectivity index (χ3v) is 6.52. The zero-order chi connectivity index (χ0) is 17.4. The third kappa shape index (κ3) is 2.86. The highest BCUT2D eigenvalue weighted by atomic mass is 127. The van der Waals surface area contributed by atoms with Gasteiger partial charge in [-0.2, -0.15) is 5.26 Å². The predicted octanol–water partition coefficient (Wildman–Crippen LogP) is 2.99. The van der Waals surface area contributed by atoms with E-state index in [4.69, 9.17) is 5.26 Å². The fraction of sp³-hybridized carbons (Fsp3) is 0.438. The number of halogens is 1. The maximum absolute atomic E-state index is 9.83. The average Bonchev–Trinajstić information content (AvgIpc) is 3.23. The van der Waals surface area contributed by atoms with Gasteiger partial charge < -0.3 is 10.1 Å². The van der Waals surface area contributed by atoms with E-state index in [1.807, 2.05) is 10.2 Å². The summed E-state index contributed by atoms with van der Waals surface area (Å²) in [6.07, 6.45) is 6.37. The molecule has 0 radical (unpaired) electrons. The number of hydrogen-bond acceptors (Lipinski definition) is 6. The van der Waals surface area contributed by atoms with Crippen LogP contribution in [-0.2, 0) is 6.61 Å². The van der Waals surface area contributed by atoms with Crippen molar-refractivity contribution < 1.29 is 5.11 Å². The molecule has 1 fully saturated rings. The number of hydrogen-bond donors (Lipinski definition) is 1. The van der Waals surface area contributed by atoms with Crippen molar-refractivity contribution in [2.75, 3.05) is 18.1 Å². The lowest BCUT2D eigenvalue weighted by Crippen LogP contribution is -2.42. The quantitative estimate of drug-likeness (QED) is 0.593. The second kappa shape index (κ2) is 7.01. The number of aliphatic hydroxyl groups excluding tert-OH is 1. The summed E-state index contributed by atoms with van der Waals surface area (Å²) in [5.41, 5.74) is 2.70. The Morgan fingerprint density at radius 2 is 2.20 bits per heavy atom. The van der Waals surface area contributed by atoms with Crippen LogP contribution in [0.3, 0.4) is 0 Å². The highest BCUT2D eigenvalue weighted by molar-refractivity contribution is 14.2. The van der Waals surface area contributed by atoms with Gasteiger partial charge in [0.05, 0.1) is 12.3 Å². The molecule has 1 aliphatic rings. The molecular formula is C16H17IN6OS. The topological polar surface area (TPSA) is 82.9 Å².